The van der Waals surface area contributed by atoms with Gasteiger partial charge in [0.1, 0.15) is 17.2 Å². The third kappa shape index (κ3) is 1.93. The summed E-state index contributed by atoms with van der Waals surface area (Å²) >= 11 is 0. The third-order valence-corrected chi connectivity index (χ3v) is 2.94. The highest BCUT2D eigenvalue weighted by molar-refractivity contribution is 5.52. The van der Waals surface area contributed by atoms with Gasteiger partial charge in [0.25, 0.3) is 0 Å². The molecule has 0 unspecified atom stereocenters. The van der Waals surface area contributed by atoms with E-state index < -0.39 is 0 Å². The fourth-order valence-electron chi connectivity index (χ4n) is 2.20. The third-order valence-electron chi connectivity index (χ3n) is 2.94. The molecule has 88 valence electrons. The molecule has 1 heterocycles. The summed E-state index contributed by atoms with van der Waals surface area (Å²) in [7, 11) is 3.21. The lowest BCUT2D eigenvalue weighted by molar-refractivity contribution is 0.368. The Labute approximate surface area is 95.2 Å². The number of aromatic hydroxyl groups is 1. The van der Waals surface area contributed by atoms with E-state index in [1.807, 2.05) is 0 Å². The van der Waals surface area contributed by atoms with Crippen molar-refractivity contribution in [1.29, 1.82) is 0 Å². The van der Waals surface area contributed by atoms with Crippen LogP contribution in [0.1, 0.15) is 24.4 Å². The molecule has 0 bridgehead atoms. The van der Waals surface area contributed by atoms with Crippen molar-refractivity contribution in [3.63, 3.8) is 0 Å². The Morgan fingerprint density at radius 1 is 1.25 bits per heavy atom. The molecule has 2 N–H and O–H groups in total. The molecule has 1 fully saturated rings. The van der Waals surface area contributed by atoms with Crippen LogP contribution in [0, 0.1) is 0 Å². The minimum absolute atomic E-state index is 0.162. The first kappa shape index (κ1) is 11.1. The minimum atomic E-state index is 0.162. The SMILES string of the molecule is COc1cc(O)cc(OC)c1[C@@H]1CCCN1. The first-order valence-corrected chi connectivity index (χ1v) is 5.44. The summed E-state index contributed by atoms with van der Waals surface area (Å²) in [5.74, 6) is 1.52. The van der Waals surface area contributed by atoms with Crippen molar-refractivity contribution in [1.82, 2.24) is 5.32 Å². The van der Waals surface area contributed by atoms with E-state index in [4.69, 9.17) is 9.47 Å². The molecular formula is C12H17NO3. The number of methoxy groups -OCH3 is 2. The van der Waals surface area contributed by atoms with Gasteiger partial charge in [-0.05, 0) is 19.4 Å². The van der Waals surface area contributed by atoms with Crippen LogP contribution in [0.25, 0.3) is 0 Å². The lowest BCUT2D eigenvalue weighted by Gasteiger charge is -2.18. The van der Waals surface area contributed by atoms with Crippen molar-refractivity contribution in [3.05, 3.63) is 17.7 Å². The number of nitrogens with one attached hydrogen (secondary N) is 1. The van der Waals surface area contributed by atoms with E-state index in [-0.39, 0.29) is 11.8 Å². The lowest BCUT2D eigenvalue weighted by atomic mass is 10.0. The quantitative estimate of drug-likeness (QED) is 0.821. The summed E-state index contributed by atoms with van der Waals surface area (Å²) in [5, 5.41) is 12.9. The summed E-state index contributed by atoms with van der Waals surface area (Å²) < 4.78 is 10.6. The van der Waals surface area contributed by atoms with Crippen LogP contribution in [0.3, 0.4) is 0 Å². The molecule has 16 heavy (non-hydrogen) atoms. The summed E-state index contributed by atoms with van der Waals surface area (Å²) in [5.41, 5.74) is 1.00. The van der Waals surface area contributed by atoms with Crippen molar-refractivity contribution in [2.45, 2.75) is 18.9 Å². The van der Waals surface area contributed by atoms with Gasteiger partial charge < -0.3 is 19.9 Å². The van der Waals surface area contributed by atoms with Gasteiger partial charge in [-0.25, -0.2) is 0 Å². The molecule has 0 amide bonds. The molecule has 1 aliphatic heterocycles. The summed E-state index contributed by atoms with van der Waals surface area (Å²) in [6.07, 6.45) is 2.22. The Morgan fingerprint density at radius 2 is 1.88 bits per heavy atom. The maximum atomic E-state index is 9.54. The zero-order valence-corrected chi connectivity index (χ0v) is 9.62. The highest BCUT2D eigenvalue weighted by Crippen LogP contribution is 2.40. The van der Waals surface area contributed by atoms with Gasteiger partial charge in [-0.3, -0.25) is 0 Å². The van der Waals surface area contributed by atoms with Gasteiger partial charge in [0, 0.05) is 18.2 Å². The molecule has 0 spiro atoms. The fourth-order valence-corrected chi connectivity index (χ4v) is 2.20. The van der Waals surface area contributed by atoms with Crippen molar-refractivity contribution >= 4 is 0 Å². The van der Waals surface area contributed by atoms with Crippen molar-refractivity contribution in [2.75, 3.05) is 20.8 Å². The minimum Gasteiger partial charge on any atom is -0.508 e. The van der Waals surface area contributed by atoms with Crippen molar-refractivity contribution in [2.24, 2.45) is 0 Å². The number of hydrogen-bond donors (Lipinski definition) is 2. The van der Waals surface area contributed by atoms with Gasteiger partial charge in [0.15, 0.2) is 0 Å². The molecule has 0 saturated carbocycles. The standard InChI is InChI=1S/C12H17NO3/c1-15-10-6-8(14)7-11(16-2)12(10)9-4-3-5-13-9/h6-7,9,13-14H,3-5H2,1-2H3/t9-/m0/s1. The number of benzene rings is 1. The summed E-state index contributed by atoms with van der Waals surface area (Å²) in [4.78, 5) is 0. The molecule has 1 aliphatic rings. The van der Waals surface area contributed by atoms with Crippen molar-refractivity contribution in [3.8, 4) is 17.2 Å². The van der Waals surface area contributed by atoms with E-state index in [0.29, 0.717) is 11.5 Å². The Balaban J connectivity index is 2.46. The van der Waals surface area contributed by atoms with Gasteiger partial charge >= 0.3 is 0 Å². The van der Waals surface area contributed by atoms with E-state index in [1.54, 1.807) is 26.4 Å². The van der Waals surface area contributed by atoms with Crippen LogP contribution in [-0.2, 0) is 0 Å². The maximum Gasteiger partial charge on any atom is 0.131 e. The van der Waals surface area contributed by atoms with E-state index in [2.05, 4.69) is 5.32 Å². The molecule has 0 radical (unpaired) electrons. The second-order valence-electron chi connectivity index (χ2n) is 3.91. The van der Waals surface area contributed by atoms with Crippen LogP contribution in [-0.4, -0.2) is 25.9 Å². The van der Waals surface area contributed by atoms with E-state index >= 15 is 0 Å². The van der Waals surface area contributed by atoms with E-state index in [9.17, 15) is 5.11 Å². The number of hydrogen-bond acceptors (Lipinski definition) is 4. The maximum absolute atomic E-state index is 9.54. The lowest BCUT2D eigenvalue weighted by Crippen LogP contribution is -2.14. The number of phenolic OH excluding ortho intramolecular Hbond substituents is 1. The Hall–Kier alpha value is -1.42. The van der Waals surface area contributed by atoms with Gasteiger partial charge in [0.05, 0.1) is 19.8 Å². The van der Waals surface area contributed by atoms with Crippen LogP contribution in [0.5, 0.6) is 17.2 Å². The van der Waals surface area contributed by atoms with Gasteiger partial charge in [-0.2, -0.15) is 0 Å². The topological polar surface area (TPSA) is 50.7 Å². The first-order valence-electron chi connectivity index (χ1n) is 5.44. The predicted octanol–water partition coefficient (Wildman–Crippen LogP) is 1.83. The highest BCUT2D eigenvalue weighted by Gasteiger charge is 2.24. The van der Waals surface area contributed by atoms with Crippen LogP contribution in [0.15, 0.2) is 12.1 Å². The van der Waals surface area contributed by atoms with Crippen LogP contribution in [0.4, 0.5) is 0 Å². The highest BCUT2D eigenvalue weighted by atomic mass is 16.5. The molecule has 2 rings (SSSR count). The molecular weight excluding hydrogens is 206 g/mol. The predicted molar refractivity (Wildman–Crippen MR) is 61.2 cm³/mol. The average Bonchev–Trinajstić information content (AvgIpc) is 2.80. The van der Waals surface area contributed by atoms with Gasteiger partial charge in [0.2, 0.25) is 0 Å². The Bertz CT molecular complexity index is 348. The van der Waals surface area contributed by atoms with Crippen molar-refractivity contribution < 1.29 is 14.6 Å². The molecule has 1 aromatic rings. The molecule has 4 heteroatoms. The largest absolute Gasteiger partial charge is 0.508 e. The molecule has 0 aliphatic carbocycles. The van der Waals surface area contributed by atoms with Crippen LogP contribution in [0.2, 0.25) is 0 Å². The molecule has 4 nitrogen and oxygen atoms in total. The van der Waals surface area contributed by atoms with E-state index in [1.165, 1.54) is 0 Å². The Kier molecular flexibility index (Phi) is 3.19. The van der Waals surface area contributed by atoms with Gasteiger partial charge in [-0.1, -0.05) is 0 Å². The normalized spacial score (nSPS) is 19.8. The fraction of sp³-hybridized carbons (Fsp3) is 0.500. The average molecular weight is 223 g/mol. The van der Waals surface area contributed by atoms with Gasteiger partial charge in [-0.15, -0.1) is 0 Å². The molecule has 1 aromatic carbocycles. The second-order valence-corrected chi connectivity index (χ2v) is 3.91. The Morgan fingerprint density at radius 3 is 2.31 bits per heavy atom. The zero-order chi connectivity index (χ0) is 11.5. The molecule has 1 saturated heterocycles. The monoisotopic (exact) mass is 223 g/mol. The molecule has 0 aromatic heterocycles. The van der Waals surface area contributed by atoms with Crippen LogP contribution >= 0.6 is 0 Å². The number of ether oxygens (including phenoxy) is 2. The second kappa shape index (κ2) is 4.61. The number of rotatable bonds is 3. The summed E-state index contributed by atoms with van der Waals surface area (Å²) in [6.45, 7) is 1.01. The van der Waals surface area contributed by atoms with Crippen LogP contribution < -0.4 is 14.8 Å². The molecule has 1 atom stereocenters. The van der Waals surface area contributed by atoms with E-state index in [0.717, 1.165) is 24.9 Å². The number of phenols is 1. The zero-order valence-electron chi connectivity index (χ0n) is 9.62. The first-order chi connectivity index (χ1) is 7.76. The summed E-state index contributed by atoms with van der Waals surface area (Å²) in [6, 6.07) is 3.50. The smallest absolute Gasteiger partial charge is 0.131 e.